The Bertz CT molecular complexity index is 579. The molecule has 114 valence electrons. The Balaban J connectivity index is 2.77. The van der Waals surface area contributed by atoms with Crippen molar-refractivity contribution >= 4 is 77.9 Å². The van der Waals surface area contributed by atoms with Crippen LogP contribution in [0.15, 0.2) is 12.1 Å². The van der Waals surface area contributed by atoms with Gasteiger partial charge in [-0.15, -0.1) is 0 Å². The molecule has 0 amide bonds. The van der Waals surface area contributed by atoms with Gasteiger partial charge in [0.15, 0.2) is 0 Å². The van der Waals surface area contributed by atoms with Crippen LogP contribution < -0.4 is 0 Å². The third-order valence-electron chi connectivity index (χ3n) is 2.63. The lowest BCUT2D eigenvalue weighted by molar-refractivity contribution is 0.0202. The van der Waals surface area contributed by atoms with Crippen molar-refractivity contribution in [3.8, 4) is 0 Å². The van der Waals surface area contributed by atoms with E-state index in [9.17, 15) is 13.5 Å². The van der Waals surface area contributed by atoms with Gasteiger partial charge in [-0.05, 0) is 93.4 Å². The molecule has 0 aliphatic heterocycles. The standard InChI is InChI=1S/C11H14I3NO4S/c1-15(3-2-4-20(17,18)19)11(16)8-5-7(12)6-9(13)10(8)14/h5-6,11,16H,2-4H2,1H3,(H,17,18,19). The van der Waals surface area contributed by atoms with Crippen LogP contribution in [0.3, 0.4) is 0 Å². The van der Waals surface area contributed by atoms with E-state index in [1.165, 1.54) is 0 Å². The Morgan fingerprint density at radius 2 is 1.90 bits per heavy atom. The summed E-state index contributed by atoms with van der Waals surface area (Å²) in [7, 11) is -2.22. The predicted octanol–water partition coefficient (Wildman–Crippen LogP) is 2.70. The Morgan fingerprint density at radius 1 is 1.30 bits per heavy atom. The minimum Gasteiger partial charge on any atom is -0.374 e. The summed E-state index contributed by atoms with van der Waals surface area (Å²) in [6.45, 7) is 0.374. The second-order valence-corrected chi connectivity index (χ2v) is 9.34. The Kier molecular flexibility index (Phi) is 7.90. The number of aliphatic hydroxyl groups is 1. The zero-order chi connectivity index (χ0) is 15.5. The smallest absolute Gasteiger partial charge is 0.264 e. The number of hydrogen-bond acceptors (Lipinski definition) is 4. The van der Waals surface area contributed by atoms with Gasteiger partial charge in [0.25, 0.3) is 10.1 Å². The summed E-state index contributed by atoms with van der Waals surface area (Å²) >= 11 is 6.60. The Labute approximate surface area is 159 Å². The maximum absolute atomic E-state index is 10.7. The topological polar surface area (TPSA) is 77.8 Å². The fourth-order valence-electron chi connectivity index (χ4n) is 1.62. The van der Waals surface area contributed by atoms with Gasteiger partial charge in [0.2, 0.25) is 0 Å². The van der Waals surface area contributed by atoms with E-state index < -0.39 is 16.3 Å². The fourth-order valence-corrected chi connectivity index (χ4v) is 4.59. The van der Waals surface area contributed by atoms with E-state index in [1.54, 1.807) is 11.9 Å². The molecule has 1 unspecified atom stereocenters. The van der Waals surface area contributed by atoms with Crippen LogP contribution in [0.2, 0.25) is 0 Å². The summed E-state index contributed by atoms with van der Waals surface area (Å²) < 4.78 is 33.1. The number of aliphatic hydroxyl groups excluding tert-OH is 1. The summed E-state index contributed by atoms with van der Waals surface area (Å²) in [6, 6.07) is 3.94. The molecule has 1 atom stereocenters. The lowest BCUT2D eigenvalue weighted by Gasteiger charge is -2.25. The SMILES string of the molecule is CN(CCCS(=O)(=O)O)C(O)c1cc(I)cc(I)c1I. The van der Waals surface area contributed by atoms with Crippen LogP contribution in [-0.2, 0) is 10.1 Å². The van der Waals surface area contributed by atoms with Crippen molar-refractivity contribution in [1.82, 2.24) is 4.90 Å². The van der Waals surface area contributed by atoms with E-state index in [4.69, 9.17) is 4.55 Å². The first kappa shape index (κ1) is 19.3. The highest BCUT2D eigenvalue weighted by molar-refractivity contribution is 14.1. The van der Waals surface area contributed by atoms with Gasteiger partial charge >= 0.3 is 0 Å². The van der Waals surface area contributed by atoms with Gasteiger partial charge in [0.1, 0.15) is 6.23 Å². The third-order valence-corrected chi connectivity index (χ3v) is 7.14. The quantitative estimate of drug-likeness (QED) is 0.218. The fraction of sp³-hybridized carbons (Fsp3) is 0.455. The number of hydrogen-bond donors (Lipinski definition) is 2. The van der Waals surface area contributed by atoms with Gasteiger partial charge in [-0.2, -0.15) is 8.42 Å². The first-order chi connectivity index (χ1) is 9.11. The predicted molar refractivity (Wildman–Crippen MR) is 103 cm³/mol. The zero-order valence-corrected chi connectivity index (χ0v) is 17.8. The summed E-state index contributed by atoms with van der Waals surface area (Å²) in [5.74, 6) is -0.301. The van der Waals surface area contributed by atoms with Gasteiger partial charge in [-0.3, -0.25) is 9.45 Å². The van der Waals surface area contributed by atoms with E-state index in [0.29, 0.717) is 6.54 Å². The molecule has 0 aliphatic carbocycles. The van der Waals surface area contributed by atoms with Gasteiger partial charge in [0.05, 0.1) is 5.75 Å². The van der Waals surface area contributed by atoms with Crippen molar-refractivity contribution in [3.05, 3.63) is 28.4 Å². The van der Waals surface area contributed by atoms with Crippen molar-refractivity contribution in [2.75, 3.05) is 19.3 Å². The zero-order valence-electron chi connectivity index (χ0n) is 10.6. The molecule has 9 heteroatoms. The van der Waals surface area contributed by atoms with E-state index in [0.717, 1.165) is 16.3 Å². The summed E-state index contributed by atoms with van der Waals surface area (Å²) in [5.41, 5.74) is 0.802. The molecule has 0 saturated carbocycles. The molecule has 20 heavy (non-hydrogen) atoms. The summed E-state index contributed by atoms with van der Waals surface area (Å²) in [5, 5.41) is 10.4. The maximum Gasteiger partial charge on any atom is 0.264 e. The molecule has 0 aliphatic rings. The van der Waals surface area contributed by atoms with Gasteiger partial charge in [-0.1, -0.05) is 0 Å². The van der Waals surface area contributed by atoms with Crippen molar-refractivity contribution in [2.24, 2.45) is 0 Å². The molecule has 0 bridgehead atoms. The minimum atomic E-state index is -3.94. The molecule has 0 radical (unpaired) electrons. The van der Waals surface area contributed by atoms with E-state index >= 15 is 0 Å². The molecule has 0 aromatic heterocycles. The molecule has 0 spiro atoms. The van der Waals surface area contributed by atoms with E-state index in [2.05, 4.69) is 67.8 Å². The molecule has 1 rings (SSSR count). The largest absolute Gasteiger partial charge is 0.374 e. The average molecular weight is 637 g/mol. The average Bonchev–Trinajstić information content (AvgIpc) is 2.31. The van der Waals surface area contributed by atoms with Gasteiger partial charge in [-0.25, -0.2) is 0 Å². The van der Waals surface area contributed by atoms with Crippen LogP contribution in [0.5, 0.6) is 0 Å². The molecule has 0 fully saturated rings. The second kappa shape index (κ2) is 8.19. The molecule has 5 nitrogen and oxygen atoms in total. The van der Waals surface area contributed by atoms with Crippen molar-refractivity contribution in [1.29, 1.82) is 0 Å². The lowest BCUT2D eigenvalue weighted by atomic mass is 10.2. The minimum absolute atomic E-state index is 0.268. The molecule has 0 saturated heterocycles. The highest BCUT2D eigenvalue weighted by Gasteiger charge is 2.19. The Morgan fingerprint density at radius 3 is 2.45 bits per heavy atom. The summed E-state index contributed by atoms with van der Waals surface area (Å²) in [6.07, 6.45) is -0.532. The van der Waals surface area contributed by atoms with Crippen LogP contribution in [0.4, 0.5) is 0 Å². The molecule has 1 aromatic rings. The Hall–Kier alpha value is 1.24. The summed E-state index contributed by atoms with van der Waals surface area (Å²) in [4.78, 5) is 1.66. The van der Waals surface area contributed by atoms with Gasteiger partial charge in [0, 0.05) is 22.8 Å². The molecule has 1 aromatic carbocycles. The first-order valence-electron chi connectivity index (χ1n) is 5.59. The molecular formula is C11H14I3NO4S. The van der Waals surface area contributed by atoms with Crippen LogP contribution in [0.25, 0.3) is 0 Å². The number of nitrogens with zero attached hydrogens (tertiary/aromatic N) is 1. The van der Waals surface area contributed by atoms with Crippen LogP contribution in [0.1, 0.15) is 18.2 Å². The first-order valence-corrected chi connectivity index (χ1v) is 10.4. The lowest BCUT2D eigenvalue weighted by Crippen LogP contribution is -2.27. The highest BCUT2D eigenvalue weighted by Crippen LogP contribution is 2.28. The highest BCUT2D eigenvalue weighted by atomic mass is 127. The monoisotopic (exact) mass is 637 g/mol. The van der Waals surface area contributed by atoms with E-state index in [-0.39, 0.29) is 12.2 Å². The van der Waals surface area contributed by atoms with Crippen LogP contribution >= 0.6 is 67.8 Å². The molecular weight excluding hydrogens is 623 g/mol. The normalized spacial score (nSPS) is 13.8. The van der Waals surface area contributed by atoms with Crippen molar-refractivity contribution < 1.29 is 18.1 Å². The number of rotatable bonds is 6. The van der Waals surface area contributed by atoms with Crippen LogP contribution in [-0.4, -0.2) is 42.3 Å². The van der Waals surface area contributed by atoms with Crippen LogP contribution in [0, 0.1) is 10.7 Å². The van der Waals surface area contributed by atoms with Crippen molar-refractivity contribution in [2.45, 2.75) is 12.6 Å². The van der Waals surface area contributed by atoms with Gasteiger partial charge < -0.3 is 5.11 Å². The van der Waals surface area contributed by atoms with E-state index in [1.807, 2.05) is 12.1 Å². The number of benzene rings is 1. The third kappa shape index (κ3) is 6.16. The second-order valence-electron chi connectivity index (χ2n) is 4.28. The van der Waals surface area contributed by atoms with Crippen molar-refractivity contribution in [3.63, 3.8) is 0 Å². The number of halogens is 3. The molecule has 0 heterocycles. The molecule has 2 N–H and O–H groups in total. The maximum atomic E-state index is 10.7.